The summed E-state index contributed by atoms with van der Waals surface area (Å²) in [4.78, 5) is 0. The van der Waals surface area contributed by atoms with E-state index in [1.807, 2.05) is 0 Å². The maximum absolute atomic E-state index is 4.24. The fraction of sp³-hybridized carbons (Fsp3) is 0.500. The first-order valence-electron chi connectivity index (χ1n) is 5.11. The Morgan fingerprint density at radius 2 is 1.93 bits per heavy atom. The number of benzene rings is 1. The van der Waals surface area contributed by atoms with E-state index in [4.69, 9.17) is 0 Å². The second-order valence-corrected chi connectivity index (χ2v) is 4.42. The third-order valence-corrected chi connectivity index (χ3v) is 2.83. The topological polar surface area (TPSA) is 24.7 Å². The molecule has 1 aromatic rings. The van der Waals surface area contributed by atoms with Crippen LogP contribution in [-0.4, -0.2) is 6.54 Å². The summed E-state index contributed by atoms with van der Waals surface area (Å²) in [6, 6.07) is 8.55. The van der Waals surface area contributed by atoms with Crippen LogP contribution in [0.25, 0.3) is 0 Å². The van der Waals surface area contributed by atoms with Crippen LogP contribution in [0.1, 0.15) is 37.8 Å². The lowest BCUT2D eigenvalue weighted by molar-refractivity contribution is 0.381. The number of nitrogens with zero attached hydrogens (tertiary/aromatic N) is 2. The van der Waals surface area contributed by atoms with Gasteiger partial charge in [0.05, 0.1) is 6.54 Å². The molecule has 2 heteroatoms. The number of hydrogen-bond acceptors (Lipinski definition) is 2. The monoisotopic (exact) mass is 188 g/mol. The molecule has 0 bridgehead atoms. The molecule has 2 rings (SSSR count). The highest BCUT2D eigenvalue weighted by Gasteiger charge is 2.34. The van der Waals surface area contributed by atoms with Gasteiger partial charge in [-0.25, -0.2) is 0 Å². The van der Waals surface area contributed by atoms with Crippen molar-refractivity contribution >= 4 is 0 Å². The van der Waals surface area contributed by atoms with E-state index in [9.17, 15) is 0 Å². The minimum atomic E-state index is -0.0547. The third kappa shape index (κ3) is 1.35. The molecule has 0 saturated carbocycles. The van der Waals surface area contributed by atoms with E-state index < -0.39 is 0 Å². The van der Waals surface area contributed by atoms with Crippen molar-refractivity contribution < 1.29 is 0 Å². The van der Waals surface area contributed by atoms with Gasteiger partial charge in [0, 0.05) is 0 Å². The fourth-order valence-corrected chi connectivity index (χ4v) is 1.91. The molecule has 0 aliphatic carbocycles. The van der Waals surface area contributed by atoms with Crippen LogP contribution in [0.4, 0.5) is 0 Å². The van der Waals surface area contributed by atoms with Gasteiger partial charge in [-0.3, -0.25) is 0 Å². The maximum Gasteiger partial charge on any atom is 0.125 e. The summed E-state index contributed by atoms with van der Waals surface area (Å²) in [5, 5.41) is 8.21. The molecule has 0 spiro atoms. The van der Waals surface area contributed by atoms with Crippen LogP contribution in [0.15, 0.2) is 34.5 Å². The molecule has 0 radical (unpaired) electrons. The minimum Gasteiger partial charge on any atom is -0.190 e. The van der Waals surface area contributed by atoms with E-state index in [0.29, 0.717) is 5.92 Å². The molecule has 1 heterocycles. The molecule has 1 aliphatic rings. The number of azo groups is 1. The van der Waals surface area contributed by atoms with E-state index in [1.165, 1.54) is 11.1 Å². The van der Waals surface area contributed by atoms with Crippen LogP contribution in [0.3, 0.4) is 0 Å². The Balaban J connectivity index is 2.47. The second-order valence-electron chi connectivity index (χ2n) is 4.42. The van der Waals surface area contributed by atoms with Crippen LogP contribution in [0.2, 0.25) is 0 Å². The molecule has 74 valence electrons. The number of hydrogen-bond donors (Lipinski definition) is 0. The van der Waals surface area contributed by atoms with Crippen LogP contribution in [-0.2, 0) is 5.54 Å². The van der Waals surface area contributed by atoms with Crippen molar-refractivity contribution in [3.8, 4) is 0 Å². The smallest absolute Gasteiger partial charge is 0.125 e. The summed E-state index contributed by atoms with van der Waals surface area (Å²) in [6.45, 7) is 7.42. The minimum absolute atomic E-state index is 0.0547. The van der Waals surface area contributed by atoms with Crippen molar-refractivity contribution in [1.29, 1.82) is 0 Å². The Labute approximate surface area is 85.1 Å². The molecule has 2 nitrogen and oxygen atoms in total. The van der Waals surface area contributed by atoms with Crippen molar-refractivity contribution in [3.05, 3.63) is 35.4 Å². The van der Waals surface area contributed by atoms with Crippen molar-refractivity contribution in [2.24, 2.45) is 10.2 Å². The molecule has 0 fully saturated rings. The second kappa shape index (κ2) is 3.19. The quantitative estimate of drug-likeness (QED) is 0.678. The molecule has 14 heavy (non-hydrogen) atoms. The van der Waals surface area contributed by atoms with Gasteiger partial charge in [0.25, 0.3) is 0 Å². The van der Waals surface area contributed by atoms with Gasteiger partial charge < -0.3 is 0 Å². The van der Waals surface area contributed by atoms with Gasteiger partial charge in [-0.15, -0.1) is 0 Å². The summed E-state index contributed by atoms with van der Waals surface area (Å²) >= 11 is 0. The third-order valence-electron chi connectivity index (χ3n) is 2.83. The SMILES string of the molecule is CC(C)c1ccccc1C1(C)CN=N1. The summed E-state index contributed by atoms with van der Waals surface area (Å²) in [5.74, 6) is 0.554. The summed E-state index contributed by atoms with van der Waals surface area (Å²) < 4.78 is 0. The molecule has 0 aromatic heterocycles. The average Bonchev–Trinajstić information content (AvgIpc) is 2.14. The Bertz CT molecular complexity index is 368. The lowest BCUT2D eigenvalue weighted by atomic mass is 9.84. The highest BCUT2D eigenvalue weighted by Crippen LogP contribution is 2.36. The molecular formula is C12H16N2. The molecule has 0 N–H and O–H groups in total. The predicted octanol–water partition coefficient (Wildman–Crippen LogP) is 3.49. The first-order valence-corrected chi connectivity index (χ1v) is 5.11. The van der Waals surface area contributed by atoms with E-state index in [2.05, 4.69) is 55.3 Å². The van der Waals surface area contributed by atoms with Gasteiger partial charge in [-0.2, -0.15) is 10.2 Å². The fourth-order valence-electron chi connectivity index (χ4n) is 1.91. The first-order chi connectivity index (χ1) is 6.63. The van der Waals surface area contributed by atoms with E-state index in [0.717, 1.165) is 6.54 Å². The standard InChI is InChI=1S/C12H16N2/c1-9(2)10-6-4-5-7-11(10)12(3)8-13-14-12/h4-7,9H,8H2,1-3H3. The summed E-state index contributed by atoms with van der Waals surface area (Å²) in [7, 11) is 0. The van der Waals surface area contributed by atoms with E-state index >= 15 is 0 Å². The van der Waals surface area contributed by atoms with Gasteiger partial charge >= 0.3 is 0 Å². The van der Waals surface area contributed by atoms with Crippen LogP contribution < -0.4 is 0 Å². The first kappa shape index (κ1) is 9.38. The highest BCUT2D eigenvalue weighted by molar-refractivity contribution is 5.36. The Morgan fingerprint density at radius 3 is 2.43 bits per heavy atom. The predicted molar refractivity (Wildman–Crippen MR) is 57.6 cm³/mol. The Kier molecular flexibility index (Phi) is 2.14. The van der Waals surface area contributed by atoms with Crippen LogP contribution >= 0.6 is 0 Å². The summed E-state index contributed by atoms with van der Waals surface area (Å²) in [5.41, 5.74) is 2.68. The molecule has 1 aromatic carbocycles. The van der Waals surface area contributed by atoms with Gasteiger partial charge in [0.1, 0.15) is 5.54 Å². The Morgan fingerprint density at radius 1 is 1.29 bits per heavy atom. The molecule has 1 aliphatic heterocycles. The average molecular weight is 188 g/mol. The van der Waals surface area contributed by atoms with E-state index in [1.54, 1.807) is 0 Å². The zero-order valence-corrected chi connectivity index (χ0v) is 8.99. The normalized spacial score (nSPS) is 25.1. The highest BCUT2D eigenvalue weighted by atomic mass is 15.3. The van der Waals surface area contributed by atoms with Crippen LogP contribution in [0, 0.1) is 0 Å². The molecule has 0 saturated heterocycles. The van der Waals surface area contributed by atoms with Crippen molar-refractivity contribution in [1.82, 2.24) is 0 Å². The zero-order chi connectivity index (χ0) is 10.2. The van der Waals surface area contributed by atoms with Gasteiger partial charge in [-0.1, -0.05) is 38.1 Å². The molecule has 0 amide bonds. The van der Waals surface area contributed by atoms with Crippen molar-refractivity contribution in [2.45, 2.75) is 32.2 Å². The van der Waals surface area contributed by atoms with Gasteiger partial charge in [-0.05, 0) is 24.0 Å². The van der Waals surface area contributed by atoms with Gasteiger partial charge in [0.2, 0.25) is 0 Å². The van der Waals surface area contributed by atoms with Crippen molar-refractivity contribution in [3.63, 3.8) is 0 Å². The van der Waals surface area contributed by atoms with Gasteiger partial charge in [0.15, 0.2) is 0 Å². The lowest BCUT2D eigenvalue weighted by Gasteiger charge is -2.31. The largest absolute Gasteiger partial charge is 0.190 e. The van der Waals surface area contributed by atoms with Crippen molar-refractivity contribution in [2.75, 3.05) is 6.54 Å². The maximum atomic E-state index is 4.24. The Hall–Kier alpha value is -1.18. The number of rotatable bonds is 2. The lowest BCUT2D eigenvalue weighted by Crippen LogP contribution is -2.30. The molecule has 1 unspecified atom stereocenters. The molecular weight excluding hydrogens is 172 g/mol. The summed E-state index contributed by atoms with van der Waals surface area (Å²) in [6.07, 6.45) is 0. The molecule has 1 atom stereocenters. The van der Waals surface area contributed by atoms with E-state index in [-0.39, 0.29) is 5.54 Å². The zero-order valence-electron chi connectivity index (χ0n) is 8.99. The van der Waals surface area contributed by atoms with Crippen LogP contribution in [0.5, 0.6) is 0 Å².